The van der Waals surface area contributed by atoms with Gasteiger partial charge in [0.05, 0.1) is 0 Å². The monoisotopic (exact) mass is 288 g/mol. The number of hydrogen-bond donors (Lipinski definition) is 0. The number of allylic oxidation sites excluding steroid dienone is 8. The average Bonchev–Trinajstić information content (AvgIpc) is 2.50. The molecule has 0 radical (unpaired) electrons. The molecule has 0 unspecified atom stereocenters. The minimum absolute atomic E-state index is 1.06. The highest BCUT2D eigenvalue weighted by molar-refractivity contribution is 4.99. The maximum absolute atomic E-state index is 2.32. The van der Waals surface area contributed by atoms with E-state index in [1.807, 2.05) is 0 Å². The summed E-state index contributed by atoms with van der Waals surface area (Å²) in [6.07, 6.45) is 32.0. The van der Waals surface area contributed by atoms with Crippen LogP contribution in [0.15, 0.2) is 48.6 Å². The Kier molecular flexibility index (Phi) is 18.0. The van der Waals surface area contributed by atoms with E-state index in [-0.39, 0.29) is 0 Å². The van der Waals surface area contributed by atoms with E-state index in [9.17, 15) is 0 Å². The molecule has 0 atom stereocenters. The summed E-state index contributed by atoms with van der Waals surface area (Å²) in [5.41, 5.74) is 0. The van der Waals surface area contributed by atoms with Gasteiger partial charge in [-0.05, 0) is 44.9 Å². The summed E-state index contributed by atoms with van der Waals surface area (Å²) >= 11 is 0. The Labute approximate surface area is 133 Å². The highest BCUT2D eigenvalue weighted by Gasteiger charge is 1.81. The molecule has 0 saturated heterocycles. The molecule has 0 rings (SSSR count). The first-order valence-electron chi connectivity index (χ1n) is 9.01. The lowest BCUT2D eigenvalue weighted by Gasteiger charge is -1.91. The van der Waals surface area contributed by atoms with E-state index in [0.717, 1.165) is 19.3 Å². The normalized spacial score (nSPS) is 12.7. The second kappa shape index (κ2) is 19.0. The van der Waals surface area contributed by atoms with Crippen LogP contribution in [0.1, 0.15) is 84.5 Å². The molecular formula is C21H36. The van der Waals surface area contributed by atoms with Crippen LogP contribution in [0.25, 0.3) is 0 Å². The van der Waals surface area contributed by atoms with Gasteiger partial charge in [0.1, 0.15) is 0 Å². The highest BCUT2D eigenvalue weighted by atomic mass is 13.9. The van der Waals surface area contributed by atoms with Gasteiger partial charge in [-0.3, -0.25) is 0 Å². The van der Waals surface area contributed by atoms with Gasteiger partial charge in [0.25, 0.3) is 0 Å². The summed E-state index contributed by atoms with van der Waals surface area (Å²) in [5.74, 6) is 0. The van der Waals surface area contributed by atoms with Gasteiger partial charge >= 0.3 is 0 Å². The lowest BCUT2D eigenvalue weighted by Crippen LogP contribution is -1.70. The zero-order valence-corrected chi connectivity index (χ0v) is 14.4. The average molecular weight is 289 g/mol. The second-order valence-corrected chi connectivity index (χ2v) is 5.58. The quantitative estimate of drug-likeness (QED) is 0.229. The summed E-state index contributed by atoms with van der Waals surface area (Å²) in [5, 5.41) is 0. The Bertz CT molecular complexity index is 261. The standard InChI is InChI=1S/C21H36/c1-3-5-7-9-11-13-15-17-19-21-20-18-16-14-12-10-8-6-4-2/h11-14,17-20H,3-10,15-16,21H2,1-2H3/b13-11+,14-12+,19-17+,20-18+. The van der Waals surface area contributed by atoms with Crippen molar-refractivity contribution in [2.24, 2.45) is 0 Å². The lowest BCUT2D eigenvalue weighted by atomic mass is 10.2. The van der Waals surface area contributed by atoms with Gasteiger partial charge in [-0.1, -0.05) is 88.1 Å². The van der Waals surface area contributed by atoms with Crippen LogP contribution in [0.3, 0.4) is 0 Å². The predicted octanol–water partition coefficient (Wildman–Crippen LogP) is 7.54. The first kappa shape index (κ1) is 20.0. The van der Waals surface area contributed by atoms with Gasteiger partial charge in [-0.15, -0.1) is 0 Å². The molecule has 0 aliphatic carbocycles. The van der Waals surface area contributed by atoms with Gasteiger partial charge in [0.2, 0.25) is 0 Å². The van der Waals surface area contributed by atoms with E-state index in [4.69, 9.17) is 0 Å². The summed E-state index contributed by atoms with van der Waals surface area (Å²) in [7, 11) is 0. The molecule has 0 aliphatic heterocycles. The van der Waals surface area contributed by atoms with Gasteiger partial charge in [-0.2, -0.15) is 0 Å². The van der Waals surface area contributed by atoms with Crippen LogP contribution >= 0.6 is 0 Å². The molecule has 0 aromatic rings. The fraction of sp³-hybridized carbons (Fsp3) is 0.619. The van der Waals surface area contributed by atoms with E-state index in [1.165, 1.54) is 51.4 Å². The molecule has 0 heteroatoms. The Morgan fingerprint density at radius 3 is 1.10 bits per heavy atom. The fourth-order valence-electron chi connectivity index (χ4n) is 2.07. The molecule has 0 aliphatic rings. The smallest absolute Gasteiger partial charge is 0.0169 e. The van der Waals surface area contributed by atoms with Crippen LogP contribution in [0.5, 0.6) is 0 Å². The van der Waals surface area contributed by atoms with Crippen molar-refractivity contribution in [3.8, 4) is 0 Å². The third kappa shape index (κ3) is 19.0. The van der Waals surface area contributed by atoms with Crippen LogP contribution in [0.2, 0.25) is 0 Å². The number of rotatable bonds is 14. The molecule has 0 spiro atoms. The Morgan fingerprint density at radius 2 is 0.762 bits per heavy atom. The van der Waals surface area contributed by atoms with Crippen molar-refractivity contribution in [2.75, 3.05) is 0 Å². The zero-order chi connectivity index (χ0) is 15.4. The van der Waals surface area contributed by atoms with E-state index in [2.05, 4.69) is 62.5 Å². The molecule has 0 aromatic carbocycles. The van der Waals surface area contributed by atoms with E-state index in [0.29, 0.717) is 0 Å². The van der Waals surface area contributed by atoms with Gasteiger partial charge in [0.15, 0.2) is 0 Å². The molecular weight excluding hydrogens is 252 g/mol. The molecule has 0 N–H and O–H groups in total. The zero-order valence-electron chi connectivity index (χ0n) is 14.4. The van der Waals surface area contributed by atoms with Gasteiger partial charge < -0.3 is 0 Å². The van der Waals surface area contributed by atoms with Crippen molar-refractivity contribution in [1.29, 1.82) is 0 Å². The van der Waals surface area contributed by atoms with Crippen molar-refractivity contribution in [1.82, 2.24) is 0 Å². The molecule has 0 bridgehead atoms. The molecule has 0 heterocycles. The number of unbranched alkanes of at least 4 members (excludes halogenated alkanes) is 6. The van der Waals surface area contributed by atoms with E-state index >= 15 is 0 Å². The molecule has 0 aromatic heterocycles. The fourth-order valence-corrected chi connectivity index (χ4v) is 2.07. The third-order valence-corrected chi connectivity index (χ3v) is 3.43. The van der Waals surface area contributed by atoms with Gasteiger partial charge in [-0.25, -0.2) is 0 Å². The predicted molar refractivity (Wildman–Crippen MR) is 98.7 cm³/mol. The molecule has 0 saturated carbocycles. The molecule has 0 nitrogen and oxygen atoms in total. The minimum Gasteiger partial charge on any atom is -0.0882 e. The second-order valence-electron chi connectivity index (χ2n) is 5.58. The minimum atomic E-state index is 1.06. The molecule has 0 fully saturated rings. The maximum Gasteiger partial charge on any atom is -0.0169 e. The summed E-state index contributed by atoms with van der Waals surface area (Å²) in [4.78, 5) is 0. The first-order chi connectivity index (χ1) is 10.4. The van der Waals surface area contributed by atoms with Crippen LogP contribution in [0.4, 0.5) is 0 Å². The number of hydrogen-bond acceptors (Lipinski definition) is 0. The third-order valence-electron chi connectivity index (χ3n) is 3.43. The first-order valence-corrected chi connectivity index (χ1v) is 9.01. The topological polar surface area (TPSA) is 0 Å². The SMILES string of the molecule is CCCCC/C=C/C/C=C/C/C=C/C/C=C/CCCCC. The van der Waals surface area contributed by atoms with Crippen LogP contribution in [-0.4, -0.2) is 0 Å². The molecule has 0 amide bonds. The summed E-state index contributed by atoms with van der Waals surface area (Å²) in [6.45, 7) is 4.50. The van der Waals surface area contributed by atoms with Crippen LogP contribution < -0.4 is 0 Å². The lowest BCUT2D eigenvalue weighted by molar-refractivity contribution is 0.728. The highest BCUT2D eigenvalue weighted by Crippen LogP contribution is 2.02. The van der Waals surface area contributed by atoms with Crippen molar-refractivity contribution in [3.05, 3.63) is 48.6 Å². The Morgan fingerprint density at radius 1 is 0.429 bits per heavy atom. The van der Waals surface area contributed by atoms with Crippen molar-refractivity contribution in [2.45, 2.75) is 84.5 Å². The van der Waals surface area contributed by atoms with Crippen molar-refractivity contribution >= 4 is 0 Å². The summed E-state index contributed by atoms with van der Waals surface area (Å²) in [6, 6.07) is 0. The van der Waals surface area contributed by atoms with Crippen molar-refractivity contribution < 1.29 is 0 Å². The Balaban J connectivity index is 3.35. The Hall–Kier alpha value is -1.04. The van der Waals surface area contributed by atoms with E-state index in [1.54, 1.807) is 0 Å². The van der Waals surface area contributed by atoms with Crippen molar-refractivity contribution in [3.63, 3.8) is 0 Å². The van der Waals surface area contributed by atoms with Crippen LogP contribution in [0, 0.1) is 0 Å². The summed E-state index contributed by atoms with van der Waals surface area (Å²) < 4.78 is 0. The van der Waals surface area contributed by atoms with Crippen LogP contribution in [-0.2, 0) is 0 Å². The molecule has 120 valence electrons. The largest absolute Gasteiger partial charge is 0.0882 e. The van der Waals surface area contributed by atoms with Gasteiger partial charge in [0, 0.05) is 0 Å². The molecule has 21 heavy (non-hydrogen) atoms. The maximum atomic E-state index is 2.32. The van der Waals surface area contributed by atoms with E-state index < -0.39 is 0 Å².